The van der Waals surface area contributed by atoms with Crippen LogP contribution in [0.15, 0.2) is 46.6 Å². The highest BCUT2D eigenvalue weighted by Gasteiger charge is 2.16. The molecule has 1 heterocycles. The molecule has 0 spiro atoms. The summed E-state index contributed by atoms with van der Waals surface area (Å²) in [5.41, 5.74) is 0.892. The second-order valence-electron chi connectivity index (χ2n) is 5.57. The number of halogens is 2. The molecular formula is C18H15Cl2N3O4. The van der Waals surface area contributed by atoms with Crippen molar-refractivity contribution in [1.82, 2.24) is 4.57 Å². The molecule has 0 aliphatic carbocycles. The van der Waals surface area contributed by atoms with Crippen molar-refractivity contribution >= 4 is 45.7 Å². The van der Waals surface area contributed by atoms with Crippen molar-refractivity contribution in [2.45, 2.75) is 0 Å². The van der Waals surface area contributed by atoms with Crippen molar-refractivity contribution in [2.24, 2.45) is 17.3 Å². The number of carbonyl (C=O) groups is 1. The number of benzene rings is 2. The second-order valence-corrected chi connectivity index (χ2v) is 6.42. The zero-order chi connectivity index (χ0) is 19.6. The fraction of sp³-hybridized carbons (Fsp3) is 0.167. The van der Waals surface area contributed by atoms with Crippen LogP contribution in [0.2, 0.25) is 10.0 Å². The number of amides is 1. The molecule has 2 aromatic carbocycles. The minimum Gasteiger partial charge on any atom is -0.497 e. The summed E-state index contributed by atoms with van der Waals surface area (Å²) in [5, 5.41) is 19.1. The maximum absolute atomic E-state index is 12.0. The van der Waals surface area contributed by atoms with Gasteiger partial charge in [0.05, 0.1) is 17.6 Å². The fourth-order valence-corrected chi connectivity index (χ4v) is 2.95. The van der Waals surface area contributed by atoms with Gasteiger partial charge in [-0.3, -0.25) is 4.79 Å². The van der Waals surface area contributed by atoms with Gasteiger partial charge < -0.3 is 19.1 Å². The van der Waals surface area contributed by atoms with E-state index in [0.717, 1.165) is 5.52 Å². The van der Waals surface area contributed by atoms with Crippen LogP contribution in [0.1, 0.15) is 0 Å². The Balaban J connectivity index is 1.79. The SMILES string of the molecule is COc1ccc2c(c1)c(N=NC(=O)COc1ccc(Cl)cc1Cl)c(O)n2C. The molecule has 140 valence electrons. The standard InChI is InChI=1S/C18H15Cl2N3O4/c1-23-14-5-4-11(26-2)8-12(14)17(18(23)25)22-21-16(24)9-27-15-6-3-10(19)7-13(15)20/h3-8,25H,9H2,1-2H3. The predicted molar refractivity (Wildman–Crippen MR) is 103 cm³/mol. The lowest BCUT2D eigenvalue weighted by molar-refractivity contribution is -0.120. The number of carbonyl (C=O) groups excluding carboxylic acids is 1. The lowest BCUT2D eigenvalue weighted by atomic mass is 10.2. The van der Waals surface area contributed by atoms with E-state index in [4.69, 9.17) is 32.7 Å². The smallest absolute Gasteiger partial charge is 0.302 e. The minimum atomic E-state index is -0.639. The minimum absolute atomic E-state index is 0.114. The van der Waals surface area contributed by atoms with Crippen LogP contribution in [0.5, 0.6) is 17.4 Å². The summed E-state index contributed by atoms with van der Waals surface area (Å²) in [6, 6.07) is 9.90. The lowest BCUT2D eigenvalue weighted by Crippen LogP contribution is -2.08. The third-order valence-corrected chi connectivity index (χ3v) is 4.39. The van der Waals surface area contributed by atoms with Crippen molar-refractivity contribution in [3.8, 4) is 17.4 Å². The summed E-state index contributed by atoms with van der Waals surface area (Å²) in [6.07, 6.45) is 0. The molecule has 3 rings (SSSR count). The Hall–Kier alpha value is -2.77. The number of fused-ring (bicyclic) bond motifs is 1. The summed E-state index contributed by atoms with van der Waals surface area (Å²) in [4.78, 5) is 12.0. The number of aromatic hydroxyl groups is 1. The molecule has 0 aliphatic heterocycles. The van der Waals surface area contributed by atoms with Crippen molar-refractivity contribution in [3.05, 3.63) is 46.4 Å². The summed E-state index contributed by atoms with van der Waals surface area (Å²) < 4.78 is 12.0. The maximum Gasteiger partial charge on any atom is 0.302 e. The largest absolute Gasteiger partial charge is 0.497 e. The van der Waals surface area contributed by atoms with Crippen molar-refractivity contribution in [2.75, 3.05) is 13.7 Å². The van der Waals surface area contributed by atoms with Crippen LogP contribution in [0, 0.1) is 0 Å². The van der Waals surface area contributed by atoms with Gasteiger partial charge in [-0.15, -0.1) is 10.2 Å². The van der Waals surface area contributed by atoms with Crippen LogP contribution < -0.4 is 9.47 Å². The molecule has 0 unspecified atom stereocenters. The highest BCUT2D eigenvalue weighted by molar-refractivity contribution is 6.35. The third-order valence-electron chi connectivity index (χ3n) is 3.86. The average molecular weight is 408 g/mol. The van der Waals surface area contributed by atoms with Gasteiger partial charge in [-0.05, 0) is 36.4 Å². The molecule has 0 saturated carbocycles. The number of rotatable bonds is 5. The fourth-order valence-electron chi connectivity index (χ4n) is 2.48. The van der Waals surface area contributed by atoms with Gasteiger partial charge in [0.25, 0.3) is 0 Å². The topological polar surface area (TPSA) is 85.4 Å². The van der Waals surface area contributed by atoms with E-state index in [2.05, 4.69) is 10.2 Å². The van der Waals surface area contributed by atoms with Gasteiger partial charge in [-0.2, -0.15) is 0 Å². The Kier molecular flexibility index (Phi) is 5.53. The number of ether oxygens (including phenoxy) is 2. The average Bonchev–Trinajstić information content (AvgIpc) is 2.89. The Labute approximate surface area is 164 Å². The highest BCUT2D eigenvalue weighted by Crippen LogP contribution is 2.39. The van der Waals surface area contributed by atoms with E-state index in [0.29, 0.717) is 21.9 Å². The van der Waals surface area contributed by atoms with Crippen LogP contribution in [0.25, 0.3) is 10.9 Å². The van der Waals surface area contributed by atoms with E-state index < -0.39 is 5.91 Å². The quantitative estimate of drug-likeness (QED) is 0.610. The molecule has 0 saturated heterocycles. The first-order valence-electron chi connectivity index (χ1n) is 7.78. The van der Waals surface area contributed by atoms with E-state index >= 15 is 0 Å². The van der Waals surface area contributed by atoms with E-state index in [-0.39, 0.29) is 23.2 Å². The number of methoxy groups -OCH3 is 1. The van der Waals surface area contributed by atoms with Crippen molar-refractivity contribution < 1.29 is 19.4 Å². The first-order chi connectivity index (χ1) is 12.9. The van der Waals surface area contributed by atoms with Crippen LogP contribution in [-0.4, -0.2) is 29.3 Å². The molecule has 0 radical (unpaired) electrons. The molecule has 0 fully saturated rings. The monoisotopic (exact) mass is 407 g/mol. The van der Waals surface area contributed by atoms with Crippen molar-refractivity contribution in [1.29, 1.82) is 0 Å². The summed E-state index contributed by atoms with van der Waals surface area (Å²) in [7, 11) is 3.21. The summed E-state index contributed by atoms with van der Waals surface area (Å²) in [5.74, 6) is 0.149. The van der Waals surface area contributed by atoms with Crippen LogP contribution in [0.3, 0.4) is 0 Å². The zero-order valence-corrected chi connectivity index (χ0v) is 16.0. The van der Waals surface area contributed by atoms with Gasteiger partial charge in [0.15, 0.2) is 12.3 Å². The summed E-state index contributed by atoms with van der Waals surface area (Å²) in [6.45, 7) is -0.361. The van der Waals surface area contributed by atoms with E-state index in [1.54, 1.807) is 37.4 Å². The molecule has 1 aromatic heterocycles. The zero-order valence-electron chi connectivity index (χ0n) is 14.4. The lowest BCUT2D eigenvalue weighted by Gasteiger charge is -2.05. The third kappa shape index (κ3) is 3.99. The van der Waals surface area contributed by atoms with Gasteiger partial charge in [0.2, 0.25) is 5.88 Å². The number of aromatic nitrogens is 1. The first kappa shape index (κ1) is 19.0. The van der Waals surface area contributed by atoms with Crippen LogP contribution >= 0.6 is 23.2 Å². The maximum atomic E-state index is 12.0. The van der Waals surface area contributed by atoms with E-state index in [9.17, 15) is 9.90 Å². The molecule has 9 heteroatoms. The number of nitrogens with zero attached hydrogens (tertiary/aromatic N) is 3. The van der Waals surface area contributed by atoms with Gasteiger partial charge in [0.1, 0.15) is 11.5 Å². The highest BCUT2D eigenvalue weighted by atomic mass is 35.5. The van der Waals surface area contributed by atoms with E-state index in [1.165, 1.54) is 17.7 Å². The molecule has 0 bridgehead atoms. The van der Waals surface area contributed by atoms with Gasteiger partial charge in [-0.25, -0.2) is 0 Å². The number of aryl methyl sites for hydroxylation is 1. The molecule has 0 aliphatic rings. The normalized spacial score (nSPS) is 11.3. The van der Waals surface area contributed by atoms with Crippen molar-refractivity contribution in [3.63, 3.8) is 0 Å². The molecular weight excluding hydrogens is 393 g/mol. The van der Waals surface area contributed by atoms with Gasteiger partial charge in [0, 0.05) is 17.5 Å². The molecule has 1 N–H and O–H groups in total. The Morgan fingerprint density at radius 2 is 2.00 bits per heavy atom. The second kappa shape index (κ2) is 7.85. The Morgan fingerprint density at radius 1 is 1.22 bits per heavy atom. The number of hydrogen-bond donors (Lipinski definition) is 1. The molecule has 1 amide bonds. The Bertz CT molecular complexity index is 1050. The Morgan fingerprint density at radius 3 is 2.70 bits per heavy atom. The number of azo groups is 1. The van der Waals surface area contributed by atoms with Gasteiger partial charge in [-0.1, -0.05) is 23.2 Å². The number of hydrogen-bond acceptors (Lipinski definition) is 5. The molecule has 7 nitrogen and oxygen atoms in total. The predicted octanol–water partition coefficient (Wildman–Crippen LogP) is 4.89. The van der Waals surface area contributed by atoms with Crippen LogP contribution in [0.4, 0.5) is 5.69 Å². The van der Waals surface area contributed by atoms with E-state index in [1.807, 2.05) is 0 Å². The molecule has 0 atom stereocenters. The first-order valence-corrected chi connectivity index (χ1v) is 8.54. The molecule has 27 heavy (non-hydrogen) atoms. The van der Waals surface area contributed by atoms with Crippen LogP contribution in [-0.2, 0) is 11.8 Å². The van der Waals surface area contributed by atoms with Gasteiger partial charge >= 0.3 is 5.91 Å². The summed E-state index contributed by atoms with van der Waals surface area (Å²) >= 11 is 11.8. The molecule has 3 aromatic rings.